The van der Waals surface area contributed by atoms with E-state index in [1.807, 2.05) is 41.1 Å². The number of rotatable bonds is 12. The number of anilines is 1. The molecule has 0 aliphatic carbocycles. The summed E-state index contributed by atoms with van der Waals surface area (Å²) in [7, 11) is 2.81. The zero-order valence-electron chi connectivity index (χ0n) is 26.5. The van der Waals surface area contributed by atoms with Gasteiger partial charge in [0, 0.05) is 75.7 Å². The fourth-order valence-corrected chi connectivity index (χ4v) is 7.23. The average Bonchev–Trinajstić information content (AvgIpc) is 3.56. The minimum atomic E-state index is -3.74. The van der Waals surface area contributed by atoms with Crippen LogP contribution in [0.5, 0.6) is 17.4 Å². The maximum Gasteiger partial charge on any atom is 0.261 e. The van der Waals surface area contributed by atoms with Gasteiger partial charge in [0.15, 0.2) is 22.4 Å². The second-order valence-electron chi connectivity index (χ2n) is 11.4. The molecule has 12 heteroatoms. The van der Waals surface area contributed by atoms with Gasteiger partial charge in [-0.2, -0.15) is 4.31 Å². The minimum absolute atomic E-state index is 0.0399. The number of fused-ring (bicyclic) bond motifs is 1. The van der Waals surface area contributed by atoms with Crippen molar-refractivity contribution in [3.8, 4) is 17.4 Å². The molecule has 0 amide bonds. The number of sulfonamides is 1. The number of aryl methyl sites for hydroxylation is 2. The van der Waals surface area contributed by atoms with Crippen LogP contribution in [0.3, 0.4) is 0 Å². The Kier molecular flexibility index (Phi) is 9.42. The third kappa shape index (κ3) is 6.11. The quantitative estimate of drug-likeness (QED) is 0.250. The lowest BCUT2D eigenvalue weighted by molar-refractivity contribution is 0.271. The third-order valence-corrected chi connectivity index (χ3v) is 10.6. The molecule has 1 aliphatic heterocycles. The summed E-state index contributed by atoms with van der Waals surface area (Å²) >= 11 is 0. The second-order valence-corrected chi connectivity index (χ2v) is 13.3. The number of piperazine rings is 1. The van der Waals surface area contributed by atoms with Crippen molar-refractivity contribution in [3.05, 3.63) is 60.2 Å². The van der Waals surface area contributed by atoms with E-state index in [-0.39, 0.29) is 23.5 Å². The predicted molar refractivity (Wildman–Crippen MR) is 173 cm³/mol. The molecule has 2 aromatic heterocycles. The normalized spacial score (nSPS) is 15.3. The van der Waals surface area contributed by atoms with Gasteiger partial charge in [0.05, 0.1) is 20.3 Å². The molecular formula is C32H44N6O5S. The Labute approximate surface area is 260 Å². The zero-order valence-corrected chi connectivity index (χ0v) is 27.3. The fraction of sp³-hybridized carbons (Fsp3) is 0.469. The van der Waals surface area contributed by atoms with Gasteiger partial charge in [-0.1, -0.05) is 19.1 Å². The lowest BCUT2D eigenvalue weighted by Gasteiger charge is -2.35. The van der Waals surface area contributed by atoms with E-state index in [1.165, 1.54) is 10.5 Å². The van der Waals surface area contributed by atoms with Crippen molar-refractivity contribution in [1.82, 2.24) is 23.3 Å². The number of hydrogen-bond acceptors (Lipinski definition) is 8. The Bertz CT molecular complexity index is 1690. The average molecular weight is 625 g/mol. The molecule has 0 saturated carbocycles. The number of methoxy groups -OCH3 is 2. The Morgan fingerprint density at radius 2 is 1.75 bits per heavy atom. The summed E-state index contributed by atoms with van der Waals surface area (Å²) < 4.78 is 42.5. The van der Waals surface area contributed by atoms with Gasteiger partial charge in [0.2, 0.25) is 0 Å². The second kappa shape index (κ2) is 13.1. The van der Waals surface area contributed by atoms with Crippen LogP contribution in [0.25, 0.3) is 10.8 Å². The molecule has 0 spiro atoms. The van der Waals surface area contributed by atoms with Gasteiger partial charge < -0.3 is 33.5 Å². The Morgan fingerprint density at radius 1 is 1.02 bits per heavy atom. The molecule has 2 aromatic carbocycles. The van der Waals surface area contributed by atoms with Crippen molar-refractivity contribution in [2.24, 2.45) is 7.05 Å². The fourth-order valence-electron chi connectivity index (χ4n) is 6.01. The largest absolute Gasteiger partial charge is 0.494 e. The monoisotopic (exact) mass is 624 g/mol. The van der Waals surface area contributed by atoms with E-state index in [2.05, 4.69) is 27.8 Å². The summed E-state index contributed by atoms with van der Waals surface area (Å²) in [4.78, 5) is 9.07. The van der Waals surface area contributed by atoms with E-state index < -0.39 is 10.0 Å². The lowest BCUT2D eigenvalue weighted by atomic mass is 10.0. The van der Waals surface area contributed by atoms with Gasteiger partial charge >= 0.3 is 0 Å². The topological polar surface area (TPSA) is 105 Å². The van der Waals surface area contributed by atoms with E-state index in [0.29, 0.717) is 30.2 Å². The van der Waals surface area contributed by atoms with Crippen LogP contribution in [0.2, 0.25) is 0 Å². The number of likely N-dealkylation sites (N-methyl/N-ethyl adjacent to an activating group) is 1. The van der Waals surface area contributed by atoms with Crippen molar-refractivity contribution in [3.63, 3.8) is 0 Å². The molecule has 1 atom stereocenters. The number of aromatic nitrogens is 3. The van der Waals surface area contributed by atoms with Crippen LogP contribution in [0, 0.1) is 6.92 Å². The molecule has 1 saturated heterocycles. The van der Waals surface area contributed by atoms with Crippen LogP contribution < -0.4 is 14.4 Å². The van der Waals surface area contributed by atoms with Gasteiger partial charge in [-0.05, 0) is 56.1 Å². The van der Waals surface area contributed by atoms with E-state index in [1.54, 1.807) is 39.8 Å². The van der Waals surface area contributed by atoms with Gasteiger partial charge in [0.25, 0.3) is 10.0 Å². The molecule has 44 heavy (non-hydrogen) atoms. The summed E-state index contributed by atoms with van der Waals surface area (Å²) in [5.74, 6) is 2.01. The standard InChI is InChI=1S/C32H44N6O5S/c1-7-36-16-18-37(19-17-36)28-11-8-10-25-26(28)21-38(32(25)39)27(24-13-14-29(42-5)30(20-24)43-6)12-9-15-35(4)44(40,41)31-22-34(3)23(2)33-31/h8,10-11,13-14,20-22,27,39H,7,9,12,15-19H2,1-6H3/t27-/m1/s1. The van der Waals surface area contributed by atoms with Crippen LogP contribution in [-0.2, 0) is 17.1 Å². The third-order valence-electron chi connectivity index (χ3n) is 8.84. The molecule has 238 valence electrons. The van der Waals surface area contributed by atoms with Crippen LogP contribution >= 0.6 is 0 Å². The molecule has 0 bridgehead atoms. The summed E-state index contributed by atoms with van der Waals surface area (Å²) in [6.07, 6.45) is 4.68. The molecule has 0 radical (unpaired) electrons. The summed E-state index contributed by atoms with van der Waals surface area (Å²) in [6, 6.07) is 11.5. The maximum atomic E-state index is 13.2. The lowest BCUT2D eigenvalue weighted by Crippen LogP contribution is -2.46. The van der Waals surface area contributed by atoms with Crippen molar-refractivity contribution < 1.29 is 23.0 Å². The van der Waals surface area contributed by atoms with E-state index in [0.717, 1.165) is 54.7 Å². The molecule has 5 rings (SSSR count). The number of imidazole rings is 1. The first kappa shape index (κ1) is 31.7. The molecule has 1 fully saturated rings. The molecule has 1 N–H and O–H groups in total. The van der Waals surface area contributed by atoms with Gasteiger partial charge in [0.1, 0.15) is 5.82 Å². The smallest absolute Gasteiger partial charge is 0.261 e. The zero-order chi connectivity index (χ0) is 31.6. The summed E-state index contributed by atoms with van der Waals surface area (Å²) in [6.45, 7) is 9.15. The van der Waals surface area contributed by atoms with Crippen molar-refractivity contribution in [2.75, 3.05) is 65.4 Å². The van der Waals surface area contributed by atoms with Crippen molar-refractivity contribution in [2.45, 2.75) is 37.8 Å². The highest BCUT2D eigenvalue weighted by molar-refractivity contribution is 7.89. The van der Waals surface area contributed by atoms with E-state index in [4.69, 9.17) is 9.47 Å². The van der Waals surface area contributed by atoms with Gasteiger partial charge in [-0.3, -0.25) is 0 Å². The minimum Gasteiger partial charge on any atom is -0.494 e. The number of ether oxygens (including phenoxy) is 2. The first-order chi connectivity index (χ1) is 21.1. The Morgan fingerprint density at radius 3 is 2.39 bits per heavy atom. The Hall–Kier alpha value is -3.74. The highest BCUT2D eigenvalue weighted by Crippen LogP contribution is 2.41. The molecular weight excluding hydrogens is 580 g/mol. The van der Waals surface area contributed by atoms with Gasteiger partial charge in [-0.25, -0.2) is 13.4 Å². The first-order valence-corrected chi connectivity index (χ1v) is 16.5. The van der Waals surface area contributed by atoms with Crippen molar-refractivity contribution in [1.29, 1.82) is 0 Å². The summed E-state index contributed by atoms with van der Waals surface area (Å²) in [5, 5.41) is 13.4. The van der Waals surface area contributed by atoms with Gasteiger partial charge in [-0.15, -0.1) is 0 Å². The summed E-state index contributed by atoms with van der Waals surface area (Å²) in [5.41, 5.74) is 2.03. The Balaban J connectivity index is 1.47. The molecule has 0 unspecified atom stereocenters. The molecule has 1 aliphatic rings. The predicted octanol–water partition coefficient (Wildman–Crippen LogP) is 4.24. The number of aromatic hydroxyl groups is 1. The number of nitrogens with zero attached hydrogens (tertiary/aromatic N) is 6. The van der Waals surface area contributed by atoms with E-state index >= 15 is 0 Å². The maximum absolute atomic E-state index is 13.2. The van der Waals surface area contributed by atoms with Crippen LogP contribution in [-0.4, -0.2) is 97.4 Å². The van der Waals surface area contributed by atoms with Crippen LogP contribution in [0.15, 0.2) is 53.8 Å². The van der Waals surface area contributed by atoms with Crippen LogP contribution in [0.4, 0.5) is 5.69 Å². The highest BCUT2D eigenvalue weighted by atomic mass is 32.2. The number of benzene rings is 2. The molecule has 11 nitrogen and oxygen atoms in total. The van der Waals surface area contributed by atoms with E-state index in [9.17, 15) is 13.5 Å². The SMILES string of the molecule is CCN1CCN(c2cccc3c(O)n([C@H](CCCN(C)S(=O)(=O)c4cn(C)c(C)n4)c4ccc(OC)c(OC)c4)cc23)CC1. The first-order valence-electron chi connectivity index (χ1n) is 15.1. The van der Waals surface area contributed by atoms with Crippen molar-refractivity contribution >= 4 is 26.5 Å². The highest BCUT2D eigenvalue weighted by Gasteiger charge is 2.27. The van der Waals surface area contributed by atoms with Crippen LogP contribution in [0.1, 0.15) is 37.2 Å². The number of hydrogen-bond donors (Lipinski definition) is 1. The molecule has 3 heterocycles. The molecule has 4 aromatic rings.